The highest BCUT2D eigenvalue weighted by Gasteiger charge is 2.43. The summed E-state index contributed by atoms with van der Waals surface area (Å²) < 4.78 is 0. The molecular formula is C17H29N3O2S. The molecule has 0 spiro atoms. The molecule has 1 atom stereocenters. The molecule has 1 amide bonds. The average molecular weight is 340 g/mol. The molecule has 1 saturated heterocycles. The van der Waals surface area contributed by atoms with E-state index in [1.165, 1.54) is 0 Å². The van der Waals surface area contributed by atoms with Gasteiger partial charge >= 0.3 is 0 Å². The molecule has 0 aromatic carbocycles. The van der Waals surface area contributed by atoms with Crippen LogP contribution in [0.5, 0.6) is 0 Å². The Morgan fingerprint density at radius 3 is 2.74 bits per heavy atom. The van der Waals surface area contributed by atoms with E-state index < -0.39 is 5.60 Å². The lowest BCUT2D eigenvalue weighted by molar-refractivity contribution is -0.160. The van der Waals surface area contributed by atoms with E-state index in [9.17, 15) is 9.90 Å². The largest absolute Gasteiger partial charge is 0.379 e. The zero-order chi connectivity index (χ0) is 17.3. The average Bonchev–Trinajstić information content (AvgIpc) is 2.79. The Labute approximate surface area is 143 Å². The van der Waals surface area contributed by atoms with Crippen LogP contribution in [0, 0.1) is 12.3 Å². The van der Waals surface area contributed by atoms with Crippen LogP contribution in [0.1, 0.15) is 44.3 Å². The minimum atomic E-state index is -1.27. The number of likely N-dealkylation sites (N-methyl/N-ethyl adjacent to an activating group) is 1. The lowest BCUT2D eigenvalue weighted by Gasteiger charge is -2.42. The molecule has 5 nitrogen and oxygen atoms in total. The smallest absolute Gasteiger partial charge is 0.255 e. The normalized spacial score (nSPS) is 22.9. The molecule has 0 radical (unpaired) electrons. The molecule has 130 valence electrons. The van der Waals surface area contributed by atoms with Crippen molar-refractivity contribution in [2.24, 2.45) is 5.41 Å². The molecule has 6 heteroatoms. The highest BCUT2D eigenvalue weighted by Crippen LogP contribution is 2.27. The van der Waals surface area contributed by atoms with Crippen molar-refractivity contribution in [1.82, 2.24) is 14.8 Å². The van der Waals surface area contributed by atoms with Crippen LogP contribution in [0.25, 0.3) is 0 Å². The van der Waals surface area contributed by atoms with E-state index >= 15 is 0 Å². The third kappa shape index (κ3) is 4.99. The molecule has 1 unspecified atom stereocenters. The fraction of sp³-hybridized carbons (Fsp3) is 0.765. The third-order valence-corrected chi connectivity index (χ3v) is 4.92. The van der Waals surface area contributed by atoms with Gasteiger partial charge in [0.25, 0.3) is 5.91 Å². The van der Waals surface area contributed by atoms with Gasteiger partial charge < -0.3 is 10.0 Å². The second kappa shape index (κ2) is 6.87. The van der Waals surface area contributed by atoms with Gasteiger partial charge in [0.1, 0.15) is 5.01 Å². The predicted octanol–water partition coefficient (Wildman–Crippen LogP) is 2.28. The first-order chi connectivity index (χ1) is 10.6. The molecule has 1 N–H and O–H groups in total. The second-order valence-corrected chi connectivity index (χ2v) is 8.92. The van der Waals surface area contributed by atoms with Crippen molar-refractivity contribution in [1.29, 1.82) is 0 Å². The first-order valence-corrected chi connectivity index (χ1v) is 9.08. The maximum Gasteiger partial charge on any atom is 0.255 e. The quantitative estimate of drug-likeness (QED) is 0.894. The molecule has 1 aliphatic rings. The first-order valence-electron chi connectivity index (χ1n) is 8.20. The number of hydrogen-bond acceptors (Lipinski definition) is 5. The third-order valence-electron chi connectivity index (χ3n) is 3.97. The molecule has 1 aromatic heterocycles. The highest BCUT2D eigenvalue weighted by molar-refractivity contribution is 7.09. The Bertz CT molecular complexity index is 552. The molecule has 1 aromatic rings. The van der Waals surface area contributed by atoms with Crippen LogP contribution in [0.2, 0.25) is 0 Å². The van der Waals surface area contributed by atoms with Crippen molar-refractivity contribution in [2.75, 3.05) is 26.7 Å². The van der Waals surface area contributed by atoms with Crippen molar-refractivity contribution in [3.8, 4) is 0 Å². The molecule has 0 bridgehead atoms. The van der Waals surface area contributed by atoms with Gasteiger partial charge in [-0.05, 0) is 32.2 Å². The van der Waals surface area contributed by atoms with E-state index in [1.54, 1.807) is 11.3 Å². The zero-order valence-corrected chi connectivity index (χ0v) is 15.7. The fourth-order valence-electron chi connectivity index (χ4n) is 3.14. The van der Waals surface area contributed by atoms with E-state index in [0.717, 1.165) is 23.7 Å². The summed E-state index contributed by atoms with van der Waals surface area (Å²) in [5.41, 5.74) is -0.217. The van der Waals surface area contributed by atoms with Crippen molar-refractivity contribution < 1.29 is 9.90 Å². The molecule has 23 heavy (non-hydrogen) atoms. The molecule has 0 saturated carbocycles. The van der Waals surface area contributed by atoms with Crippen LogP contribution in [0.15, 0.2) is 5.38 Å². The number of nitrogens with zero attached hydrogens (tertiary/aromatic N) is 3. The monoisotopic (exact) mass is 339 g/mol. The molecule has 2 rings (SSSR count). The molecule has 1 fully saturated rings. The van der Waals surface area contributed by atoms with Crippen molar-refractivity contribution in [3.05, 3.63) is 16.1 Å². The van der Waals surface area contributed by atoms with E-state index in [0.29, 0.717) is 26.1 Å². The van der Waals surface area contributed by atoms with Crippen LogP contribution in [0.4, 0.5) is 0 Å². The van der Waals surface area contributed by atoms with E-state index in [1.807, 2.05) is 29.2 Å². The number of carbonyl (C=O) groups excluding carboxylic acids is 1. The maximum atomic E-state index is 12.8. The molecular weight excluding hydrogens is 310 g/mol. The van der Waals surface area contributed by atoms with Gasteiger partial charge in [0.2, 0.25) is 0 Å². The minimum Gasteiger partial charge on any atom is -0.379 e. The second-order valence-electron chi connectivity index (χ2n) is 7.98. The van der Waals surface area contributed by atoms with Gasteiger partial charge in [0.05, 0.1) is 6.54 Å². The van der Waals surface area contributed by atoms with Crippen LogP contribution >= 0.6 is 11.3 Å². The summed E-state index contributed by atoms with van der Waals surface area (Å²) in [5.74, 6) is -0.124. The zero-order valence-electron chi connectivity index (χ0n) is 14.9. The van der Waals surface area contributed by atoms with Gasteiger partial charge in [-0.1, -0.05) is 20.8 Å². The van der Waals surface area contributed by atoms with Gasteiger partial charge in [0, 0.05) is 30.7 Å². The SMILES string of the molecule is Cc1csc(CN(C)CC2(O)CCCN(CC(C)(C)C)C2=O)n1. The van der Waals surface area contributed by atoms with Crippen LogP contribution in [0.3, 0.4) is 0 Å². The molecule has 2 heterocycles. The molecule has 0 aliphatic carbocycles. The Balaban J connectivity index is 2.00. The number of hydrogen-bond donors (Lipinski definition) is 1. The number of aryl methyl sites for hydroxylation is 1. The van der Waals surface area contributed by atoms with Crippen LogP contribution in [-0.2, 0) is 11.3 Å². The van der Waals surface area contributed by atoms with Gasteiger partial charge in [-0.25, -0.2) is 4.98 Å². The number of likely N-dealkylation sites (tertiary alicyclic amines) is 1. The van der Waals surface area contributed by atoms with Gasteiger partial charge in [-0.2, -0.15) is 0 Å². The van der Waals surface area contributed by atoms with Crippen molar-refractivity contribution >= 4 is 17.2 Å². The van der Waals surface area contributed by atoms with Gasteiger partial charge in [-0.15, -0.1) is 11.3 Å². The minimum absolute atomic E-state index is 0.0399. The predicted molar refractivity (Wildman–Crippen MR) is 93.4 cm³/mol. The highest BCUT2D eigenvalue weighted by atomic mass is 32.1. The maximum absolute atomic E-state index is 12.8. The Hall–Kier alpha value is -0.980. The number of amides is 1. The Kier molecular flexibility index (Phi) is 5.48. The Morgan fingerprint density at radius 1 is 1.48 bits per heavy atom. The number of aromatic nitrogens is 1. The number of piperidine rings is 1. The van der Waals surface area contributed by atoms with Gasteiger partial charge in [-0.3, -0.25) is 9.69 Å². The van der Waals surface area contributed by atoms with Crippen molar-refractivity contribution in [2.45, 2.75) is 52.7 Å². The summed E-state index contributed by atoms with van der Waals surface area (Å²) in [6.45, 7) is 10.8. The summed E-state index contributed by atoms with van der Waals surface area (Å²) >= 11 is 1.62. The summed E-state index contributed by atoms with van der Waals surface area (Å²) in [6.07, 6.45) is 1.39. The Morgan fingerprint density at radius 2 is 2.17 bits per heavy atom. The standard InChI is InChI=1S/C17H29N3O2S/c1-13-10-23-14(18-13)9-19(5)12-17(22)7-6-8-20(15(17)21)11-16(2,3)4/h10,22H,6-9,11-12H2,1-5H3. The summed E-state index contributed by atoms with van der Waals surface area (Å²) in [4.78, 5) is 21.0. The van der Waals surface area contributed by atoms with Crippen molar-refractivity contribution in [3.63, 3.8) is 0 Å². The van der Waals surface area contributed by atoms with E-state index in [-0.39, 0.29) is 11.3 Å². The van der Waals surface area contributed by atoms with Crippen LogP contribution in [-0.4, -0.2) is 58.1 Å². The number of carbonyl (C=O) groups is 1. The lowest BCUT2D eigenvalue weighted by Crippen LogP contribution is -2.59. The van der Waals surface area contributed by atoms with E-state index in [2.05, 4.69) is 25.8 Å². The molecule has 1 aliphatic heterocycles. The first kappa shape index (κ1) is 18.4. The summed E-state index contributed by atoms with van der Waals surface area (Å²) in [7, 11) is 1.94. The number of rotatable bonds is 5. The summed E-state index contributed by atoms with van der Waals surface area (Å²) in [6, 6.07) is 0. The lowest BCUT2D eigenvalue weighted by atomic mass is 9.88. The van der Waals surface area contributed by atoms with Gasteiger partial charge in [0.15, 0.2) is 5.60 Å². The fourth-order valence-corrected chi connectivity index (χ4v) is 3.99. The van der Waals surface area contributed by atoms with E-state index in [4.69, 9.17) is 0 Å². The van der Waals surface area contributed by atoms with Crippen LogP contribution < -0.4 is 0 Å². The number of thiazole rings is 1. The topological polar surface area (TPSA) is 56.7 Å². The summed E-state index contributed by atoms with van der Waals surface area (Å²) in [5, 5.41) is 14.0. The number of aliphatic hydroxyl groups is 1.